The first kappa shape index (κ1) is 14.3. The number of anilines is 1. The molecule has 0 saturated heterocycles. The van der Waals surface area contributed by atoms with Gasteiger partial charge in [-0.05, 0) is 18.8 Å². The average Bonchev–Trinajstić information content (AvgIpc) is 2.67. The third-order valence-electron chi connectivity index (χ3n) is 2.22. The molecule has 0 saturated carbocycles. The molecule has 3 nitrogen and oxygen atoms in total. The fraction of sp³-hybridized carbons (Fsp3) is 0.800. The van der Waals surface area contributed by atoms with Crippen LogP contribution in [0.1, 0.15) is 19.8 Å². The van der Waals surface area contributed by atoms with E-state index in [1.54, 1.807) is 11.3 Å². The minimum atomic E-state index is 0.785. The molecule has 1 atom stereocenters. The highest BCUT2D eigenvalue weighted by Gasteiger charge is 2.07. The third-order valence-corrected chi connectivity index (χ3v) is 4.93. The van der Waals surface area contributed by atoms with Gasteiger partial charge < -0.3 is 4.90 Å². The Morgan fingerprint density at radius 3 is 2.69 bits per heavy atom. The molecule has 16 heavy (non-hydrogen) atoms. The maximum absolute atomic E-state index is 4.16. The fourth-order valence-corrected chi connectivity index (χ4v) is 3.91. The number of aromatic nitrogens is 2. The van der Waals surface area contributed by atoms with Crippen LogP contribution in [0.4, 0.5) is 5.13 Å². The highest BCUT2D eigenvalue weighted by molar-refractivity contribution is 9.09. The fourth-order valence-electron chi connectivity index (χ4n) is 1.12. The summed E-state index contributed by atoms with van der Waals surface area (Å²) >= 11 is 6.95. The van der Waals surface area contributed by atoms with Gasteiger partial charge in [0.05, 0.1) is 0 Å². The molecular formula is C10H18BrN3S2. The van der Waals surface area contributed by atoms with Crippen LogP contribution in [0, 0.1) is 5.92 Å². The van der Waals surface area contributed by atoms with E-state index in [1.165, 1.54) is 12.8 Å². The van der Waals surface area contributed by atoms with Gasteiger partial charge in [0.1, 0.15) is 0 Å². The molecule has 0 aliphatic heterocycles. The van der Waals surface area contributed by atoms with Gasteiger partial charge >= 0.3 is 0 Å². The lowest BCUT2D eigenvalue weighted by Crippen LogP contribution is -2.07. The van der Waals surface area contributed by atoms with Crippen LogP contribution in [0.2, 0.25) is 0 Å². The Kier molecular flexibility index (Phi) is 6.68. The Hall–Kier alpha value is 0.190. The van der Waals surface area contributed by atoms with Crippen LogP contribution in [0.25, 0.3) is 0 Å². The lowest BCUT2D eigenvalue weighted by atomic mass is 10.1. The Morgan fingerprint density at radius 2 is 2.12 bits per heavy atom. The van der Waals surface area contributed by atoms with Gasteiger partial charge in [0.15, 0.2) is 4.34 Å². The smallest absolute Gasteiger partial charge is 0.208 e. The second kappa shape index (κ2) is 7.50. The number of nitrogens with zero attached hydrogens (tertiary/aromatic N) is 3. The van der Waals surface area contributed by atoms with Crippen molar-refractivity contribution in [2.24, 2.45) is 5.92 Å². The molecule has 0 aromatic carbocycles. The largest absolute Gasteiger partial charge is 0.353 e. The maximum Gasteiger partial charge on any atom is 0.208 e. The van der Waals surface area contributed by atoms with E-state index in [4.69, 9.17) is 0 Å². The number of alkyl halides is 1. The lowest BCUT2D eigenvalue weighted by molar-refractivity contribution is 0.555. The first-order valence-electron chi connectivity index (χ1n) is 5.33. The number of hydrogen-bond acceptors (Lipinski definition) is 5. The molecular weight excluding hydrogens is 306 g/mol. The zero-order valence-electron chi connectivity index (χ0n) is 9.94. The van der Waals surface area contributed by atoms with Gasteiger partial charge in [-0.1, -0.05) is 46.0 Å². The van der Waals surface area contributed by atoms with Crippen LogP contribution in [0.3, 0.4) is 0 Å². The predicted octanol–water partition coefficient (Wildman–Crippen LogP) is 3.51. The van der Waals surface area contributed by atoms with Crippen molar-refractivity contribution in [2.75, 3.05) is 30.1 Å². The second-order valence-corrected chi connectivity index (χ2v) is 7.06. The van der Waals surface area contributed by atoms with E-state index in [-0.39, 0.29) is 0 Å². The Balaban J connectivity index is 2.26. The summed E-state index contributed by atoms with van der Waals surface area (Å²) in [5, 5.41) is 10.4. The van der Waals surface area contributed by atoms with Crippen molar-refractivity contribution in [3.05, 3.63) is 0 Å². The summed E-state index contributed by atoms with van der Waals surface area (Å²) < 4.78 is 1.08. The summed E-state index contributed by atoms with van der Waals surface area (Å²) in [6, 6.07) is 0. The quantitative estimate of drug-likeness (QED) is 0.567. The molecule has 1 unspecified atom stereocenters. The van der Waals surface area contributed by atoms with E-state index in [0.717, 1.165) is 26.5 Å². The van der Waals surface area contributed by atoms with Crippen LogP contribution in [0.15, 0.2) is 4.34 Å². The van der Waals surface area contributed by atoms with Crippen molar-refractivity contribution in [2.45, 2.75) is 24.1 Å². The van der Waals surface area contributed by atoms with Crippen LogP contribution in [0.5, 0.6) is 0 Å². The zero-order valence-corrected chi connectivity index (χ0v) is 13.2. The van der Waals surface area contributed by atoms with Crippen LogP contribution >= 0.6 is 39.0 Å². The molecule has 0 N–H and O–H groups in total. The number of hydrogen-bond donors (Lipinski definition) is 0. The van der Waals surface area contributed by atoms with Gasteiger partial charge in [0.25, 0.3) is 0 Å². The van der Waals surface area contributed by atoms with E-state index < -0.39 is 0 Å². The van der Waals surface area contributed by atoms with Crippen molar-refractivity contribution in [3.63, 3.8) is 0 Å². The number of rotatable bonds is 7. The molecule has 1 aromatic heterocycles. The van der Waals surface area contributed by atoms with Crippen molar-refractivity contribution in [1.82, 2.24) is 10.2 Å². The molecule has 0 bridgehead atoms. The molecule has 1 heterocycles. The summed E-state index contributed by atoms with van der Waals surface area (Å²) in [6.07, 6.45) is 2.49. The third kappa shape index (κ3) is 5.01. The Bertz CT molecular complexity index is 304. The summed E-state index contributed by atoms with van der Waals surface area (Å²) in [7, 11) is 3.99. The van der Waals surface area contributed by atoms with E-state index in [0.29, 0.717) is 0 Å². The molecule has 6 heteroatoms. The Labute approximate surface area is 114 Å². The van der Waals surface area contributed by atoms with Gasteiger partial charge in [-0.15, -0.1) is 10.2 Å². The average molecular weight is 324 g/mol. The van der Waals surface area contributed by atoms with Gasteiger partial charge in [-0.2, -0.15) is 0 Å². The topological polar surface area (TPSA) is 29.0 Å². The molecule has 0 spiro atoms. The minimum absolute atomic E-state index is 0.785. The van der Waals surface area contributed by atoms with E-state index >= 15 is 0 Å². The summed E-state index contributed by atoms with van der Waals surface area (Å²) in [6.45, 7) is 2.30. The molecule has 0 fully saturated rings. The van der Waals surface area contributed by atoms with Gasteiger partial charge in [0.2, 0.25) is 5.13 Å². The molecule has 0 radical (unpaired) electrons. The normalized spacial score (nSPS) is 12.8. The van der Waals surface area contributed by atoms with Crippen LogP contribution in [-0.2, 0) is 0 Å². The van der Waals surface area contributed by atoms with Crippen molar-refractivity contribution < 1.29 is 0 Å². The van der Waals surface area contributed by atoms with Crippen LogP contribution < -0.4 is 4.90 Å². The first-order valence-corrected chi connectivity index (χ1v) is 8.25. The van der Waals surface area contributed by atoms with Crippen LogP contribution in [-0.4, -0.2) is 35.4 Å². The number of halogens is 1. The second-order valence-electron chi connectivity index (χ2n) is 3.96. The Morgan fingerprint density at radius 1 is 1.38 bits per heavy atom. The number of thioether (sulfide) groups is 1. The summed E-state index contributed by atoms with van der Waals surface area (Å²) in [5.74, 6) is 1.92. The highest BCUT2D eigenvalue weighted by atomic mass is 79.9. The van der Waals surface area contributed by atoms with Gasteiger partial charge in [0, 0.05) is 25.2 Å². The predicted molar refractivity (Wildman–Crippen MR) is 77.2 cm³/mol. The van der Waals surface area contributed by atoms with Crippen molar-refractivity contribution in [1.29, 1.82) is 0 Å². The molecule has 0 amide bonds. The SMILES string of the molecule is CC(CCBr)CCSc1nnc(N(C)C)s1. The molecule has 0 aliphatic carbocycles. The standard InChI is InChI=1S/C10H18BrN3S2/c1-8(4-6-11)5-7-15-10-13-12-9(16-10)14(2)3/h8H,4-7H2,1-3H3. The molecule has 1 rings (SSSR count). The minimum Gasteiger partial charge on any atom is -0.353 e. The van der Waals surface area contributed by atoms with Crippen molar-refractivity contribution >= 4 is 44.2 Å². The molecule has 92 valence electrons. The molecule has 1 aromatic rings. The lowest BCUT2D eigenvalue weighted by Gasteiger charge is -2.07. The monoisotopic (exact) mass is 323 g/mol. The first-order chi connectivity index (χ1) is 7.63. The summed E-state index contributed by atoms with van der Waals surface area (Å²) in [5.41, 5.74) is 0. The highest BCUT2D eigenvalue weighted by Crippen LogP contribution is 2.28. The van der Waals surface area contributed by atoms with Gasteiger partial charge in [-0.3, -0.25) is 0 Å². The van der Waals surface area contributed by atoms with Gasteiger partial charge in [-0.25, -0.2) is 0 Å². The maximum atomic E-state index is 4.16. The summed E-state index contributed by atoms with van der Waals surface area (Å²) in [4.78, 5) is 2.00. The van der Waals surface area contributed by atoms with Crippen molar-refractivity contribution in [3.8, 4) is 0 Å². The van der Waals surface area contributed by atoms with E-state index in [2.05, 4.69) is 33.1 Å². The molecule has 0 aliphatic rings. The zero-order chi connectivity index (χ0) is 12.0. The van der Waals surface area contributed by atoms with E-state index in [1.807, 2.05) is 30.8 Å². The van der Waals surface area contributed by atoms with E-state index in [9.17, 15) is 0 Å².